The number of Topliss-reactive ketones (excluding diaryl/α,β-unsaturated/α-hetero) is 2. The fourth-order valence-electron chi connectivity index (χ4n) is 5.65. The number of amides is 2. The van der Waals surface area contributed by atoms with Gasteiger partial charge in [0.25, 0.3) is 5.91 Å². The molecule has 1 aromatic rings. The van der Waals surface area contributed by atoms with Crippen LogP contribution in [0.3, 0.4) is 0 Å². The van der Waals surface area contributed by atoms with Crippen LogP contribution in [0.5, 0.6) is 5.75 Å². The molecular weight excluding hydrogens is 488 g/mol. The largest absolute Gasteiger partial charge is 0.508 e. The van der Waals surface area contributed by atoms with Gasteiger partial charge in [-0.2, -0.15) is 5.48 Å². The number of hydroxylamine groups is 1. The summed E-state index contributed by atoms with van der Waals surface area (Å²) in [7, 11) is 4.39. The van der Waals surface area contributed by atoms with Gasteiger partial charge < -0.3 is 36.3 Å². The van der Waals surface area contributed by atoms with Crippen molar-refractivity contribution in [2.75, 3.05) is 33.1 Å². The lowest BCUT2D eigenvalue weighted by molar-refractivity contribution is -0.153. The number of anilines is 1. The summed E-state index contributed by atoms with van der Waals surface area (Å²) in [4.78, 5) is 56.9. The van der Waals surface area contributed by atoms with E-state index in [-0.39, 0.29) is 36.2 Å². The van der Waals surface area contributed by atoms with Crippen LogP contribution >= 0.6 is 0 Å². The molecule has 1 saturated carbocycles. The van der Waals surface area contributed by atoms with Gasteiger partial charge in [0, 0.05) is 11.5 Å². The summed E-state index contributed by atoms with van der Waals surface area (Å²) in [6.07, 6.45) is 0.148. The van der Waals surface area contributed by atoms with Gasteiger partial charge >= 0.3 is 0 Å². The summed E-state index contributed by atoms with van der Waals surface area (Å²) in [5, 5.41) is 46.9. The number of primary amides is 1. The van der Waals surface area contributed by atoms with Gasteiger partial charge in [0.15, 0.2) is 11.4 Å². The van der Waals surface area contributed by atoms with Crippen molar-refractivity contribution in [3.8, 4) is 5.75 Å². The molecule has 0 spiro atoms. The highest BCUT2D eigenvalue weighted by Crippen LogP contribution is 2.53. The number of likely N-dealkylation sites (N-methyl/N-ethyl adjacent to an activating group) is 1. The zero-order valence-electron chi connectivity index (χ0n) is 20.4. The maximum absolute atomic E-state index is 13.8. The predicted octanol–water partition coefficient (Wildman–Crippen LogP) is -0.946. The molecule has 4 atom stereocenters. The second kappa shape index (κ2) is 9.27. The first-order valence-corrected chi connectivity index (χ1v) is 11.4. The lowest BCUT2D eigenvalue weighted by Gasteiger charge is -2.50. The predicted molar refractivity (Wildman–Crippen MR) is 128 cm³/mol. The number of nitrogens with zero attached hydrogens (tertiary/aromatic N) is 1. The minimum Gasteiger partial charge on any atom is -0.508 e. The molecule has 0 saturated heterocycles. The van der Waals surface area contributed by atoms with E-state index in [1.807, 2.05) is 0 Å². The zero-order valence-corrected chi connectivity index (χ0v) is 20.4. The first-order chi connectivity index (χ1) is 17.4. The molecule has 8 N–H and O–H groups in total. The van der Waals surface area contributed by atoms with E-state index < -0.39 is 69.7 Å². The SMILES string of the molecule is CONCC(=O)Nc1ccc2c(c1O)C(O)=C1C(=O)[C@]3(O)C(O)=C(C(N)=O)C(=O)[C@@H](N(C)C)C3CC1C2. The smallest absolute Gasteiger partial charge is 0.255 e. The molecule has 2 amide bonds. The molecule has 13 heteroatoms. The van der Waals surface area contributed by atoms with Crippen molar-refractivity contribution in [1.29, 1.82) is 0 Å². The number of rotatable bonds is 6. The Hall–Kier alpha value is -3.78. The molecule has 3 aliphatic rings. The molecule has 0 bridgehead atoms. The molecule has 37 heavy (non-hydrogen) atoms. The molecule has 0 aliphatic heterocycles. The third-order valence-corrected chi connectivity index (χ3v) is 7.24. The standard InChI is InChI=1S/C24H28N4O9/c1-28(2)17-11-7-10-6-9-4-5-12(27-13(29)8-26-37-3)18(30)14(9)19(31)15(10)21(33)24(11,36)22(34)16(20(17)32)23(25)35/h4-5,10-11,17,26,30-31,34,36H,6-8H2,1-3H3,(H2,25,35)(H,27,29)/t10?,11?,17-,24-/m0/s1. The second-order valence-electron chi connectivity index (χ2n) is 9.53. The Morgan fingerprint density at radius 3 is 2.49 bits per heavy atom. The Balaban J connectivity index is 1.85. The van der Waals surface area contributed by atoms with Crippen molar-refractivity contribution >= 4 is 34.8 Å². The van der Waals surface area contributed by atoms with Crippen molar-refractivity contribution in [1.82, 2.24) is 10.4 Å². The van der Waals surface area contributed by atoms with Crippen LogP contribution in [0, 0.1) is 11.8 Å². The van der Waals surface area contributed by atoms with Crippen LogP contribution in [0.1, 0.15) is 17.5 Å². The van der Waals surface area contributed by atoms with E-state index in [9.17, 15) is 39.6 Å². The number of aromatic hydroxyl groups is 1. The molecule has 0 aromatic heterocycles. The maximum atomic E-state index is 13.8. The van der Waals surface area contributed by atoms with E-state index in [1.54, 1.807) is 6.07 Å². The average molecular weight is 517 g/mol. The Kier molecular flexibility index (Phi) is 6.58. The summed E-state index contributed by atoms with van der Waals surface area (Å²) in [6, 6.07) is 1.87. The third kappa shape index (κ3) is 3.87. The van der Waals surface area contributed by atoms with Gasteiger partial charge in [0.05, 0.1) is 24.4 Å². The molecule has 2 unspecified atom stereocenters. The number of fused-ring (bicyclic) bond motifs is 3. The van der Waals surface area contributed by atoms with E-state index in [2.05, 4.69) is 15.6 Å². The first kappa shape index (κ1) is 26.3. The van der Waals surface area contributed by atoms with Crippen molar-refractivity contribution in [2.24, 2.45) is 17.6 Å². The van der Waals surface area contributed by atoms with Gasteiger partial charge in [0.1, 0.15) is 29.4 Å². The lowest BCUT2D eigenvalue weighted by Crippen LogP contribution is -2.65. The Labute approximate surface area is 211 Å². The van der Waals surface area contributed by atoms with Crippen LogP contribution in [0.2, 0.25) is 0 Å². The highest BCUT2D eigenvalue weighted by Gasteiger charge is 2.64. The number of carbonyl (C=O) groups is 4. The summed E-state index contributed by atoms with van der Waals surface area (Å²) in [5.74, 6) is -7.89. The van der Waals surface area contributed by atoms with Crippen molar-refractivity contribution < 1.29 is 44.4 Å². The highest BCUT2D eigenvalue weighted by molar-refractivity contribution is 6.24. The summed E-state index contributed by atoms with van der Waals surface area (Å²) < 4.78 is 0. The molecule has 198 valence electrons. The first-order valence-electron chi connectivity index (χ1n) is 11.4. The monoisotopic (exact) mass is 516 g/mol. The number of nitrogens with two attached hydrogens (primary N) is 1. The van der Waals surface area contributed by atoms with Crippen molar-refractivity contribution in [2.45, 2.75) is 24.5 Å². The van der Waals surface area contributed by atoms with Crippen LogP contribution in [0.25, 0.3) is 5.76 Å². The number of aliphatic hydroxyl groups excluding tert-OH is 2. The number of hydrogen-bond donors (Lipinski definition) is 7. The molecule has 0 heterocycles. The molecule has 13 nitrogen and oxygen atoms in total. The zero-order chi connectivity index (χ0) is 27.4. The van der Waals surface area contributed by atoms with Gasteiger partial charge in [-0.25, -0.2) is 0 Å². The minimum absolute atomic E-state index is 0.00625. The van der Waals surface area contributed by atoms with Gasteiger partial charge in [-0.15, -0.1) is 0 Å². The summed E-state index contributed by atoms with van der Waals surface area (Å²) in [6.45, 7) is -0.228. The summed E-state index contributed by atoms with van der Waals surface area (Å²) >= 11 is 0. The maximum Gasteiger partial charge on any atom is 0.255 e. The minimum atomic E-state index is -2.71. The van der Waals surface area contributed by atoms with Crippen LogP contribution < -0.4 is 16.5 Å². The highest BCUT2D eigenvalue weighted by atomic mass is 16.6. The number of carbonyl (C=O) groups excluding carboxylic acids is 4. The van der Waals surface area contributed by atoms with Crippen LogP contribution in [0.4, 0.5) is 5.69 Å². The van der Waals surface area contributed by atoms with Crippen molar-refractivity contribution in [3.63, 3.8) is 0 Å². The number of aliphatic hydroxyl groups is 3. The van der Waals surface area contributed by atoms with Crippen LogP contribution in [0.15, 0.2) is 29.0 Å². The number of phenolic OH excluding ortho intramolecular Hbond substituents is 1. The van der Waals surface area contributed by atoms with Gasteiger partial charge in [-0.3, -0.25) is 24.1 Å². The van der Waals surface area contributed by atoms with E-state index in [0.29, 0.717) is 5.56 Å². The molecule has 4 rings (SSSR count). The van der Waals surface area contributed by atoms with E-state index in [1.165, 1.54) is 32.2 Å². The third-order valence-electron chi connectivity index (χ3n) is 7.24. The normalized spacial score (nSPS) is 27.1. The van der Waals surface area contributed by atoms with E-state index >= 15 is 0 Å². The molecule has 1 fully saturated rings. The topological polar surface area (TPSA) is 212 Å². The number of hydrogen-bond acceptors (Lipinski definition) is 11. The molecule has 0 radical (unpaired) electrons. The van der Waals surface area contributed by atoms with Gasteiger partial charge in [-0.1, -0.05) is 6.07 Å². The summed E-state index contributed by atoms with van der Waals surface area (Å²) in [5.41, 5.74) is 4.11. The number of benzene rings is 1. The van der Waals surface area contributed by atoms with Gasteiger partial charge in [-0.05, 0) is 44.5 Å². The molecule has 1 aromatic carbocycles. The number of ketones is 2. The average Bonchev–Trinajstić information content (AvgIpc) is 2.81. The van der Waals surface area contributed by atoms with Gasteiger partial charge in [0.2, 0.25) is 11.7 Å². The second-order valence-corrected chi connectivity index (χ2v) is 9.53. The Morgan fingerprint density at radius 2 is 1.89 bits per heavy atom. The molecular formula is C24H28N4O9. The number of nitrogens with one attached hydrogen (secondary N) is 2. The lowest BCUT2D eigenvalue weighted by atomic mass is 9.57. The Morgan fingerprint density at radius 1 is 1.22 bits per heavy atom. The van der Waals surface area contributed by atoms with Crippen LogP contribution in [-0.4, -0.2) is 88.1 Å². The molecule has 3 aliphatic carbocycles. The van der Waals surface area contributed by atoms with E-state index in [4.69, 9.17) is 5.73 Å². The Bertz CT molecular complexity index is 1290. The van der Waals surface area contributed by atoms with Crippen molar-refractivity contribution in [3.05, 3.63) is 40.2 Å². The quantitative estimate of drug-likeness (QED) is 0.139. The fourth-order valence-corrected chi connectivity index (χ4v) is 5.65. The number of phenols is 1. The van der Waals surface area contributed by atoms with E-state index in [0.717, 1.165) is 0 Å². The van der Waals surface area contributed by atoms with Crippen LogP contribution in [-0.2, 0) is 30.4 Å². The fraction of sp³-hybridized carbons (Fsp3) is 0.417.